The lowest BCUT2D eigenvalue weighted by atomic mass is 9.84. The number of carbonyl (C=O) groups is 4. The smallest absolute Gasteiger partial charge is 0.246 e. The summed E-state index contributed by atoms with van der Waals surface area (Å²) in [5.41, 5.74) is 0.213. The molecule has 3 amide bonds. The van der Waals surface area contributed by atoms with Gasteiger partial charge >= 0.3 is 0 Å². The molecule has 168 valence electrons. The lowest BCUT2D eigenvalue weighted by molar-refractivity contribution is -0.144. The number of likely N-dealkylation sites (N-methyl/N-ethyl adjacent to an activating group) is 1. The first kappa shape index (κ1) is 23.3. The lowest BCUT2D eigenvalue weighted by Crippen LogP contribution is -2.57. The Morgan fingerprint density at radius 3 is 2.65 bits per heavy atom. The van der Waals surface area contributed by atoms with Gasteiger partial charge in [0.25, 0.3) is 0 Å². The van der Waals surface area contributed by atoms with E-state index < -0.39 is 23.5 Å². The Kier molecular flexibility index (Phi) is 7.38. The minimum Gasteiger partial charge on any atom is -0.343 e. The Morgan fingerprint density at radius 2 is 2.00 bits per heavy atom. The molecule has 2 aliphatic heterocycles. The summed E-state index contributed by atoms with van der Waals surface area (Å²) in [7, 11) is 1.67. The van der Waals surface area contributed by atoms with Crippen LogP contribution in [0.5, 0.6) is 0 Å². The van der Waals surface area contributed by atoms with E-state index in [1.165, 1.54) is 0 Å². The summed E-state index contributed by atoms with van der Waals surface area (Å²) in [6.07, 6.45) is 1.88. The van der Waals surface area contributed by atoms with Gasteiger partial charge in [-0.25, -0.2) is 0 Å². The third-order valence-corrected chi connectivity index (χ3v) is 7.06. The Bertz CT molecular complexity index is 832. The number of thioether (sulfide) groups is 1. The van der Waals surface area contributed by atoms with E-state index in [9.17, 15) is 19.2 Å². The van der Waals surface area contributed by atoms with Gasteiger partial charge in [-0.3, -0.25) is 14.4 Å². The molecule has 4 atom stereocenters. The van der Waals surface area contributed by atoms with E-state index in [0.29, 0.717) is 30.4 Å². The monoisotopic (exact) mass is 446 g/mol. The van der Waals surface area contributed by atoms with Gasteiger partial charge in [0.05, 0.1) is 11.9 Å². The molecule has 3 N–H and O–H groups in total. The van der Waals surface area contributed by atoms with Crippen molar-refractivity contribution in [1.82, 2.24) is 20.9 Å². The van der Waals surface area contributed by atoms with E-state index in [1.807, 2.05) is 19.9 Å². The predicted octanol–water partition coefficient (Wildman–Crippen LogP) is 0.837. The van der Waals surface area contributed by atoms with Crippen molar-refractivity contribution in [2.24, 2.45) is 5.41 Å². The maximum Gasteiger partial charge on any atom is 0.246 e. The fourth-order valence-corrected chi connectivity index (χ4v) is 5.92. The fourth-order valence-electron chi connectivity index (χ4n) is 4.35. The topological polar surface area (TPSA) is 108 Å². The van der Waals surface area contributed by atoms with E-state index in [1.54, 1.807) is 48.0 Å². The molecule has 1 aromatic rings. The van der Waals surface area contributed by atoms with Crippen LogP contribution in [0.25, 0.3) is 0 Å². The molecule has 0 bridgehead atoms. The normalized spacial score (nSPS) is 25.8. The van der Waals surface area contributed by atoms with E-state index in [2.05, 4.69) is 16.0 Å². The van der Waals surface area contributed by atoms with E-state index in [0.717, 1.165) is 0 Å². The molecule has 9 heteroatoms. The average molecular weight is 447 g/mol. The van der Waals surface area contributed by atoms with E-state index in [4.69, 9.17) is 0 Å². The largest absolute Gasteiger partial charge is 0.343 e. The minimum absolute atomic E-state index is 0.119. The maximum absolute atomic E-state index is 13.4. The van der Waals surface area contributed by atoms with Crippen molar-refractivity contribution in [2.45, 2.75) is 50.2 Å². The summed E-state index contributed by atoms with van der Waals surface area (Å²) >= 11 is 1.64. The standard InChI is InChI=1S/C22H30N4O4S/c1-22(2)11-18-26(21(30)15(9-10-31-18)24-17(28)12-23-3)19(22)20(29)25-16(13-27)14-7-5-4-6-8-14/h4-8,13,15-16,18-19,23H,9-12H2,1-3H3,(H,24,28)(H,25,29)/t15?,16?,18?,19-/m1/s1. The van der Waals surface area contributed by atoms with Crippen LogP contribution in [0.1, 0.15) is 38.3 Å². The number of rotatable bonds is 7. The molecule has 0 aromatic heterocycles. The number of hydrogen-bond donors (Lipinski definition) is 3. The van der Waals surface area contributed by atoms with E-state index in [-0.39, 0.29) is 29.6 Å². The highest BCUT2D eigenvalue weighted by Crippen LogP contribution is 2.46. The van der Waals surface area contributed by atoms with Crippen LogP contribution in [0, 0.1) is 5.41 Å². The molecule has 0 saturated carbocycles. The van der Waals surface area contributed by atoms with Crippen LogP contribution >= 0.6 is 11.8 Å². The highest BCUT2D eigenvalue weighted by molar-refractivity contribution is 7.99. The van der Waals surface area contributed by atoms with E-state index >= 15 is 0 Å². The average Bonchev–Trinajstić information content (AvgIpc) is 2.93. The number of aldehydes is 1. The van der Waals surface area contributed by atoms with Gasteiger partial charge in [0.2, 0.25) is 17.7 Å². The first-order valence-electron chi connectivity index (χ1n) is 10.5. The molecule has 0 spiro atoms. The quantitative estimate of drug-likeness (QED) is 0.536. The van der Waals surface area contributed by atoms with Crippen LogP contribution in [0.2, 0.25) is 0 Å². The van der Waals surface area contributed by atoms with Gasteiger partial charge < -0.3 is 25.6 Å². The SMILES string of the molecule is CNCC(=O)NC1CCSC2CC(C)(C)[C@@H](C(=O)NC(C=O)c3ccccc3)N2C1=O. The molecule has 2 aliphatic rings. The zero-order chi connectivity index (χ0) is 22.6. The van der Waals surface area contributed by atoms with Gasteiger partial charge in [-0.2, -0.15) is 0 Å². The van der Waals surface area contributed by atoms with Gasteiger partial charge in [0.15, 0.2) is 0 Å². The van der Waals surface area contributed by atoms with Crippen LogP contribution in [-0.2, 0) is 19.2 Å². The molecule has 8 nitrogen and oxygen atoms in total. The zero-order valence-corrected chi connectivity index (χ0v) is 18.9. The van der Waals surface area contributed by atoms with Crippen molar-refractivity contribution in [3.05, 3.63) is 35.9 Å². The van der Waals surface area contributed by atoms with Crippen LogP contribution in [-0.4, -0.2) is 65.7 Å². The lowest BCUT2D eigenvalue weighted by Gasteiger charge is -2.34. The first-order chi connectivity index (χ1) is 14.8. The highest BCUT2D eigenvalue weighted by Gasteiger charge is 2.54. The second kappa shape index (κ2) is 9.82. The fraction of sp³-hybridized carbons (Fsp3) is 0.545. The molecule has 1 aromatic carbocycles. The number of carbonyl (C=O) groups excluding carboxylic acids is 4. The van der Waals surface area contributed by atoms with Crippen molar-refractivity contribution in [3.63, 3.8) is 0 Å². The molecular weight excluding hydrogens is 416 g/mol. The van der Waals surface area contributed by atoms with Crippen molar-refractivity contribution in [3.8, 4) is 0 Å². The number of hydrogen-bond acceptors (Lipinski definition) is 6. The van der Waals surface area contributed by atoms with Gasteiger partial charge in [-0.1, -0.05) is 44.2 Å². The summed E-state index contributed by atoms with van der Waals surface area (Å²) in [5.74, 6) is -0.144. The van der Waals surface area contributed by atoms with Crippen molar-refractivity contribution < 1.29 is 19.2 Å². The molecule has 31 heavy (non-hydrogen) atoms. The molecular formula is C22H30N4O4S. The summed E-state index contributed by atoms with van der Waals surface area (Å²) in [4.78, 5) is 52.2. The molecule has 0 radical (unpaired) electrons. The highest BCUT2D eigenvalue weighted by atomic mass is 32.2. The summed E-state index contributed by atoms with van der Waals surface area (Å²) in [6, 6.07) is 6.83. The Hall–Kier alpha value is -2.39. The molecule has 3 unspecified atom stereocenters. The molecule has 2 heterocycles. The number of nitrogens with zero attached hydrogens (tertiary/aromatic N) is 1. The van der Waals surface area contributed by atoms with Crippen molar-refractivity contribution >= 4 is 35.8 Å². The number of benzene rings is 1. The van der Waals surface area contributed by atoms with Crippen LogP contribution in [0.3, 0.4) is 0 Å². The first-order valence-corrected chi connectivity index (χ1v) is 11.5. The summed E-state index contributed by atoms with van der Waals surface area (Å²) in [6.45, 7) is 4.05. The minimum atomic E-state index is -0.788. The van der Waals surface area contributed by atoms with Crippen molar-refractivity contribution in [1.29, 1.82) is 0 Å². The third-order valence-electron chi connectivity index (χ3n) is 5.81. The van der Waals surface area contributed by atoms with Crippen molar-refractivity contribution in [2.75, 3.05) is 19.3 Å². The maximum atomic E-state index is 13.4. The second-order valence-corrected chi connectivity index (χ2v) is 9.92. The number of nitrogens with one attached hydrogen (secondary N) is 3. The number of fused-ring (bicyclic) bond motifs is 1. The van der Waals surface area contributed by atoms with Crippen LogP contribution in [0.4, 0.5) is 0 Å². The molecule has 2 fully saturated rings. The van der Waals surface area contributed by atoms with Gasteiger partial charge in [0, 0.05) is 0 Å². The van der Waals surface area contributed by atoms with Gasteiger partial charge in [-0.05, 0) is 36.6 Å². The number of amides is 3. The summed E-state index contributed by atoms with van der Waals surface area (Å²) < 4.78 is 0. The Morgan fingerprint density at radius 1 is 1.29 bits per heavy atom. The van der Waals surface area contributed by atoms with Gasteiger partial charge in [-0.15, -0.1) is 11.8 Å². The summed E-state index contributed by atoms with van der Waals surface area (Å²) in [5, 5.41) is 8.25. The predicted molar refractivity (Wildman–Crippen MR) is 119 cm³/mol. The molecule has 0 aliphatic carbocycles. The molecule has 3 rings (SSSR count). The van der Waals surface area contributed by atoms with Crippen LogP contribution < -0.4 is 16.0 Å². The molecule has 2 saturated heterocycles. The Balaban J connectivity index is 1.83. The zero-order valence-electron chi connectivity index (χ0n) is 18.1. The van der Waals surface area contributed by atoms with Crippen LogP contribution in [0.15, 0.2) is 30.3 Å². The Labute approximate surface area is 186 Å². The third kappa shape index (κ3) is 5.10. The second-order valence-electron chi connectivity index (χ2n) is 8.64. The van der Waals surface area contributed by atoms with Gasteiger partial charge in [0.1, 0.15) is 24.4 Å².